The fourth-order valence-electron chi connectivity index (χ4n) is 8.91. The molecule has 0 saturated carbocycles. The zero-order valence-corrected chi connectivity index (χ0v) is 46.5. The minimum absolute atomic E-state index is 0.122. The van der Waals surface area contributed by atoms with Crippen molar-refractivity contribution < 1.29 is 49.3 Å². The maximum Gasteiger partial charge on any atom is 0.306 e. The van der Waals surface area contributed by atoms with Crippen LogP contribution in [-0.2, 0) is 23.8 Å². The van der Waals surface area contributed by atoms with Crippen molar-refractivity contribution in [2.24, 2.45) is 0 Å². The number of ether oxygens (including phenoxy) is 3. The molecule has 11 heteroatoms. The third kappa shape index (κ3) is 38.3. The Hall–Kier alpha value is -2.90. The third-order valence-electron chi connectivity index (χ3n) is 13.6. The molecule has 0 aromatic carbocycles. The maximum atomic E-state index is 13.4. The number of hydrogen-bond acceptors (Lipinski definition) is 10. The summed E-state index contributed by atoms with van der Waals surface area (Å²) in [5.74, 6) is -1.21. The Morgan fingerprint density at radius 3 is 1.48 bits per heavy atom. The molecule has 6 N–H and O–H groups in total. The molecule has 8 atom stereocenters. The van der Waals surface area contributed by atoms with E-state index in [1.807, 2.05) is 6.08 Å². The molecule has 0 spiro atoms. The maximum absolute atomic E-state index is 13.4. The van der Waals surface area contributed by atoms with Crippen LogP contribution in [0, 0.1) is 0 Å². The van der Waals surface area contributed by atoms with Crippen LogP contribution in [0.25, 0.3) is 0 Å². The average molecular weight is 1030 g/mol. The molecule has 1 fully saturated rings. The van der Waals surface area contributed by atoms with Gasteiger partial charge in [0.25, 0.3) is 0 Å². The summed E-state index contributed by atoms with van der Waals surface area (Å²) in [6.45, 7) is 5.64. The second-order valence-electron chi connectivity index (χ2n) is 20.4. The number of amides is 1. The largest absolute Gasteiger partial charge is 0.454 e. The monoisotopic (exact) mass is 1030 g/mol. The van der Waals surface area contributed by atoms with Crippen LogP contribution >= 0.6 is 0 Å². The SMILES string of the molecule is CC/C=C\C/C=C\C/C=C\C/C=C\C/C=C\CCCCCCC(O)C(=O)NC(COC1OC(CO)C(O)C(O)C1OC(=O)CCCCCCCCCCCCCCC)C(O)/C=C/CCCCCCCCCCC. The van der Waals surface area contributed by atoms with Crippen molar-refractivity contribution in [2.75, 3.05) is 13.2 Å². The first-order valence-corrected chi connectivity index (χ1v) is 29.7. The average Bonchev–Trinajstić information content (AvgIpc) is 3.39. The van der Waals surface area contributed by atoms with Crippen LogP contribution < -0.4 is 5.32 Å². The molecule has 0 radical (unpaired) electrons. The molecule has 1 aliphatic heterocycles. The van der Waals surface area contributed by atoms with Crippen LogP contribution in [-0.4, -0.2) is 99.6 Å². The predicted molar refractivity (Wildman–Crippen MR) is 301 cm³/mol. The van der Waals surface area contributed by atoms with E-state index < -0.39 is 67.4 Å². The Labute approximate surface area is 445 Å². The van der Waals surface area contributed by atoms with Crippen molar-refractivity contribution in [1.29, 1.82) is 0 Å². The zero-order chi connectivity index (χ0) is 53.3. The zero-order valence-electron chi connectivity index (χ0n) is 46.5. The molecule has 0 bridgehead atoms. The van der Waals surface area contributed by atoms with Crippen LogP contribution in [0.2, 0.25) is 0 Å². The van der Waals surface area contributed by atoms with E-state index in [1.54, 1.807) is 6.08 Å². The predicted octanol–water partition coefficient (Wildman–Crippen LogP) is 13.6. The summed E-state index contributed by atoms with van der Waals surface area (Å²) in [5, 5.41) is 56.8. The molecule has 1 aliphatic rings. The molecule has 11 nitrogen and oxygen atoms in total. The van der Waals surface area contributed by atoms with E-state index in [1.165, 1.54) is 103 Å². The number of aliphatic hydroxyl groups is 5. The number of aliphatic hydroxyl groups excluding tert-OH is 5. The van der Waals surface area contributed by atoms with Crippen LogP contribution in [0.4, 0.5) is 0 Å². The minimum Gasteiger partial charge on any atom is -0.454 e. The molecule has 1 heterocycles. The quantitative estimate of drug-likeness (QED) is 0.0195. The Balaban J connectivity index is 2.71. The summed E-state index contributed by atoms with van der Waals surface area (Å²) in [4.78, 5) is 26.5. The molecule has 1 saturated heterocycles. The summed E-state index contributed by atoms with van der Waals surface area (Å²) in [6, 6.07) is -1.03. The van der Waals surface area contributed by atoms with Gasteiger partial charge in [-0.3, -0.25) is 9.59 Å². The highest BCUT2D eigenvalue weighted by atomic mass is 16.7. The van der Waals surface area contributed by atoms with Crippen molar-refractivity contribution in [3.8, 4) is 0 Å². The number of esters is 1. The van der Waals surface area contributed by atoms with E-state index >= 15 is 0 Å². The van der Waals surface area contributed by atoms with Crippen molar-refractivity contribution >= 4 is 11.9 Å². The molecule has 73 heavy (non-hydrogen) atoms. The van der Waals surface area contributed by atoms with Crippen LogP contribution in [0.15, 0.2) is 72.9 Å². The number of carbonyl (C=O) groups is 2. The van der Waals surface area contributed by atoms with Gasteiger partial charge < -0.3 is 45.1 Å². The van der Waals surface area contributed by atoms with Crippen molar-refractivity contribution in [2.45, 2.75) is 294 Å². The highest BCUT2D eigenvalue weighted by Crippen LogP contribution is 2.26. The van der Waals surface area contributed by atoms with Gasteiger partial charge in [0.05, 0.1) is 25.4 Å². The van der Waals surface area contributed by atoms with Crippen molar-refractivity contribution in [3.63, 3.8) is 0 Å². The molecule has 1 rings (SSSR count). The van der Waals surface area contributed by atoms with Gasteiger partial charge in [-0.1, -0.05) is 241 Å². The highest BCUT2D eigenvalue weighted by molar-refractivity contribution is 5.80. The molecular formula is C62H109NO10. The van der Waals surface area contributed by atoms with Crippen LogP contribution in [0.1, 0.15) is 245 Å². The number of nitrogens with one attached hydrogen (secondary N) is 1. The highest BCUT2D eigenvalue weighted by Gasteiger charge is 2.47. The molecule has 1 amide bonds. The minimum atomic E-state index is -1.62. The van der Waals surface area contributed by atoms with Gasteiger partial charge in [-0.15, -0.1) is 0 Å². The van der Waals surface area contributed by atoms with Gasteiger partial charge in [-0.25, -0.2) is 0 Å². The second-order valence-corrected chi connectivity index (χ2v) is 20.4. The van der Waals surface area contributed by atoms with E-state index in [2.05, 4.69) is 86.8 Å². The normalized spacial score (nSPS) is 19.9. The fraction of sp³-hybridized carbons (Fsp3) is 0.774. The summed E-state index contributed by atoms with van der Waals surface area (Å²) < 4.78 is 17.6. The Kier molecular flexibility index (Phi) is 46.6. The van der Waals surface area contributed by atoms with E-state index in [-0.39, 0.29) is 19.4 Å². The first-order valence-electron chi connectivity index (χ1n) is 29.7. The van der Waals surface area contributed by atoms with Crippen LogP contribution in [0.5, 0.6) is 0 Å². The second kappa shape index (κ2) is 49.9. The van der Waals surface area contributed by atoms with E-state index in [9.17, 15) is 35.1 Å². The van der Waals surface area contributed by atoms with E-state index in [0.29, 0.717) is 12.8 Å². The number of unbranched alkanes of at least 4 members (excludes halogenated alkanes) is 25. The van der Waals surface area contributed by atoms with Gasteiger partial charge in [0.2, 0.25) is 5.91 Å². The fourth-order valence-corrected chi connectivity index (χ4v) is 8.91. The summed E-state index contributed by atoms with van der Waals surface area (Å²) in [7, 11) is 0. The first-order chi connectivity index (χ1) is 35.7. The van der Waals surface area contributed by atoms with Gasteiger partial charge in [-0.2, -0.15) is 0 Å². The lowest BCUT2D eigenvalue weighted by Gasteiger charge is -2.41. The standard InChI is InChI=1S/C62H109NO10/c1-4-7-10-13-16-19-22-24-25-26-27-28-29-30-32-34-37-40-43-46-49-55(66)61(70)63-53(54(65)48-45-42-39-36-33-21-18-15-12-9-6-3)52-71-62-60(59(69)58(68)56(51-64)72-62)73-57(67)50-47-44-41-38-35-31-23-20-17-14-11-8-5-2/h7,10,16,19,24-25,27-28,30,32,45,48,53-56,58-60,62,64-66,68-69H,4-6,8-9,11-15,17-18,20-23,26,29,31,33-44,46-47,49-52H2,1-3H3,(H,63,70)/b10-7-,19-16-,25-24-,28-27-,32-30-,48-45+. The lowest BCUT2D eigenvalue weighted by molar-refractivity contribution is -0.305. The van der Waals surface area contributed by atoms with Gasteiger partial charge in [0.1, 0.15) is 24.4 Å². The lowest BCUT2D eigenvalue weighted by Crippen LogP contribution is -2.61. The molecule has 0 aliphatic carbocycles. The van der Waals surface area contributed by atoms with Crippen molar-refractivity contribution in [3.05, 3.63) is 72.9 Å². The molecule has 422 valence electrons. The lowest BCUT2D eigenvalue weighted by atomic mass is 9.99. The third-order valence-corrected chi connectivity index (χ3v) is 13.6. The van der Waals surface area contributed by atoms with Gasteiger partial charge >= 0.3 is 5.97 Å². The summed E-state index contributed by atoms with van der Waals surface area (Å²) >= 11 is 0. The van der Waals surface area contributed by atoms with Crippen molar-refractivity contribution in [1.82, 2.24) is 5.32 Å². The topological polar surface area (TPSA) is 175 Å². The number of rotatable bonds is 49. The Morgan fingerprint density at radius 1 is 0.548 bits per heavy atom. The summed E-state index contributed by atoms with van der Waals surface area (Å²) in [6.07, 6.45) is 52.3. The van der Waals surface area contributed by atoms with Crippen LogP contribution in [0.3, 0.4) is 0 Å². The molecule has 8 unspecified atom stereocenters. The van der Waals surface area contributed by atoms with Gasteiger partial charge in [-0.05, 0) is 70.6 Å². The molecular weight excluding hydrogens is 919 g/mol. The Bertz CT molecular complexity index is 1460. The van der Waals surface area contributed by atoms with Gasteiger partial charge in [0, 0.05) is 6.42 Å². The van der Waals surface area contributed by atoms with E-state index in [0.717, 1.165) is 96.3 Å². The van der Waals surface area contributed by atoms with E-state index in [4.69, 9.17) is 14.2 Å². The number of carbonyl (C=O) groups excluding carboxylic acids is 2. The number of allylic oxidation sites excluding steroid dienone is 11. The molecule has 0 aromatic heterocycles. The van der Waals surface area contributed by atoms with Gasteiger partial charge in [0.15, 0.2) is 12.4 Å². The Morgan fingerprint density at radius 2 is 0.986 bits per heavy atom. The first kappa shape index (κ1) is 68.1. The smallest absolute Gasteiger partial charge is 0.306 e. The number of hydrogen-bond donors (Lipinski definition) is 6. The molecule has 0 aromatic rings. The summed E-state index contributed by atoms with van der Waals surface area (Å²) in [5.41, 5.74) is 0.